The van der Waals surface area contributed by atoms with Gasteiger partial charge in [0.05, 0.1) is 0 Å². The number of benzene rings is 2. The largest absolute Gasteiger partial charge is 0.490 e. The summed E-state index contributed by atoms with van der Waals surface area (Å²) in [4.78, 5) is 0. The van der Waals surface area contributed by atoms with Crippen LogP contribution in [0.4, 0.5) is 0 Å². The predicted molar refractivity (Wildman–Crippen MR) is 86.0 cm³/mol. The van der Waals surface area contributed by atoms with E-state index >= 15 is 0 Å². The lowest BCUT2D eigenvalue weighted by Crippen LogP contribution is -2.10. The van der Waals surface area contributed by atoms with E-state index in [1.807, 2.05) is 24.3 Å². The highest BCUT2D eigenvalue weighted by Gasteiger charge is 2.04. The van der Waals surface area contributed by atoms with Gasteiger partial charge in [-0.25, -0.2) is 0 Å². The highest BCUT2D eigenvalue weighted by molar-refractivity contribution is 5.41. The van der Waals surface area contributed by atoms with E-state index in [2.05, 4.69) is 32.9 Å². The Bertz CT molecular complexity index is 608. The molecule has 3 heteroatoms. The highest BCUT2D eigenvalue weighted by Crippen LogP contribution is 2.23. The monoisotopic (exact) mass is 285 g/mol. The van der Waals surface area contributed by atoms with Gasteiger partial charge in [-0.05, 0) is 61.2 Å². The number of ether oxygens (including phenoxy) is 2. The molecule has 0 atom stereocenters. The summed E-state index contributed by atoms with van der Waals surface area (Å²) < 4.78 is 11.5. The number of rotatable bonds is 6. The smallest absolute Gasteiger partial charge is 0.122 e. The molecular weight excluding hydrogens is 262 g/mol. The van der Waals surface area contributed by atoms with Crippen LogP contribution in [0.15, 0.2) is 36.4 Å². The first kappa shape index (κ1) is 15.4. The van der Waals surface area contributed by atoms with Crippen LogP contribution in [0.3, 0.4) is 0 Å². The molecule has 0 bridgehead atoms. The number of hydrogen-bond donors (Lipinski definition) is 1. The quantitative estimate of drug-likeness (QED) is 0.826. The first-order valence-electron chi connectivity index (χ1n) is 7.22. The Balaban J connectivity index is 1.87. The molecule has 0 radical (unpaired) electrons. The third-order valence-corrected chi connectivity index (χ3v) is 3.51. The second kappa shape index (κ2) is 7.14. The normalized spacial score (nSPS) is 10.5. The molecule has 2 rings (SSSR count). The van der Waals surface area contributed by atoms with Crippen molar-refractivity contribution in [3.63, 3.8) is 0 Å². The molecule has 0 aliphatic carbocycles. The maximum absolute atomic E-state index is 5.83. The standard InChI is InChI=1S/C18H23NO2/c1-13-9-14(2)15(3)18(10-13)21-8-7-20-17-6-4-5-16(11-17)12-19/h4-6,9-11H,7-8,12,19H2,1-3H3. The van der Waals surface area contributed by atoms with Crippen molar-refractivity contribution in [2.24, 2.45) is 5.73 Å². The van der Waals surface area contributed by atoms with E-state index in [1.165, 1.54) is 16.7 Å². The summed E-state index contributed by atoms with van der Waals surface area (Å²) in [7, 11) is 0. The molecule has 0 unspecified atom stereocenters. The molecule has 21 heavy (non-hydrogen) atoms. The van der Waals surface area contributed by atoms with Gasteiger partial charge >= 0.3 is 0 Å². The summed E-state index contributed by atoms with van der Waals surface area (Å²) >= 11 is 0. The molecule has 0 heterocycles. The Morgan fingerprint density at radius 1 is 0.952 bits per heavy atom. The van der Waals surface area contributed by atoms with Gasteiger partial charge in [-0.15, -0.1) is 0 Å². The second-order valence-electron chi connectivity index (χ2n) is 5.25. The zero-order valence-corrected chi connectivity index (χ0v) is 13.0. The van der Waals surface area contributed by atoms with E-state index in [1.54, 1.807) is 0 Å². The van der Waals surface area contributed by atoms with Gasteiger partial charge in [-0.2, -0.15) is 0 Å². The van der Waals surface area contributed by atoms with Gasteiger partial charge < -0.3 is 15.2 Å². The molecule has 0 aliphatic rings. The molecular formula is C18H23NO2. The van der Waals surface area contributed by atoms with Crippen molar-refractivity contribution < 1.29 is 9.47 Å². The summed E-state index contributed by atoms with van der Waals surface area (Å²) in [6.45, 7) is 7.82. The van der Waals surface area contributed by atoms with E-state index in [0.717, 1.165) is 17.1 Å². The predicted octanol–water partition coefficient (Wildman–Crippen LogP) is 3.53. The number of aryl methyl sites for hydroxylation is 2. The Morgan fingerprint density at radius 2 is 1.71 bits per heavy atom. The first-order valence-corrected chi connectivity index (χ1v) is 7.22. The minimum absolute atomic E-state index is 0.514. The van der Waals surface area contributed by atoms with E-state index in [0.29, 0.717) is 19.8 Å². The lowest BCUT2D eigenvalue weighted by atomic mass is 10.1. The van der Waals surface area contributed by atoms with Crippen LogP contribution in [0.2, 0.25) is 0 Å². The lowest BCUT2D eigenvalue weighted by Gasteiger charge is -2.13. The Labute approximate surface area is 126 Å². The Morgan fingerprint density at radius 3 is 2.48 bits per heavy atom. The molecule has 0 saturated carbocycles. The van der Waals surface area contributed by atoms with Gasteiger partial charge in [-0.1, -0.05) is 18.2 Å². The second-order valence-corrected chi connectivity index (χ2v) is 5.25. The van der Waals surface area contributed by atoms with Crippen molar-refractivity contribution in [2.75, 3.05) is 13.2 Å². The molecule has 2 aromatic carbocycles. The molecule has 0 amide bonds. The number of hydrogen-bond acceptors (Lipinski definition) is 3. The van der Waals surface area contributed by atoms with Crippen LogP contribution in [-0.2, 0) is 6.54 Å². The Kier molecular flexibility index (Phi) is 5.23. The molecule has 0 spiro atoms. The SMILES string of the molecule is Cc1cc(C)c(C)c(OCCOc2cccc(CN)c2)c1. The topological polar surface area (TPSA) is 44.5 Å². The van der Waals surface area contributed by atoms with E-state index in [4.69, 9.17) is 15.2 Å². The molecule has 3 nitrogen and oxygen atoms in total. The summed E-state index contributed by atoms with van der Waals surface area (Å²) in [6.07, 6.45) is 0. The van der Waals surface area contributed by atoms with Gasteiger partial charge in [0, 0.05) is 6.54 Å². The van der Waals surface area contributed by atoms with E-state index < -0.39 is 0 Å². The fourth-order valence-corrected chi connectivity index (χ4v) is 2.22. The fourth-order valence-electron chi connectivity index (χ4n) is 2.22. The minimum atomic E-state index is 0.514. The zero-order chi connectivity index (χ0) is 15.2. The van der Waals surface area contributed by atoms with Gasteiger partial charge in [0.1, 0.15) is 24.7 Å². The average Bonchev–Trinajstić information content (AvgIpc) is 2.48. The first-order chi connectivity index (χ1) is 10.1. The van der Waals surface area contributed by atoms with Gasteiger partial charge in [-0.3, -0.25) is 0 Å². The van der Waals surface area contributed by atoms with Crippen LogP contribution in [0.1, 0.15) is 22.3 Å². The summed E-state index contributed by atoms with van der Waals surface area (Å²) in [6, 6.07) is 12.1. The maximum atomic E-state index is 5.83. The van der Waals surface area contributed by atoms with Crippen molar-refractivity contribution in [1.29, 1.82) is 0 Å². The van der Waals surface area contributed by atoms with Crippen molar-refractivity contribution >= 4 is 0 Å². The summed E-state index contributed by atoms with van der Waals surface area (Å²) in [5, 5.41) is 0. The lowest BCUT2D eigenvalue weighted by molar-refractivity contribution is 0.216. The van der Waals surface area contributed by atoms with Crippen LogP contribution >= 0.6 is 0 Å². The summed E-state index contributed by atoms with van der Waals surface area (Å²) in [5.74, 6) is 1.77. The molecule has 112 valence electrons. The Hall–Kier alpha value is -2.00. The van der Waals surface area contributed by atoms with Crippen LogP contribution < -0.4 is 15.2 Å². The molecule has 0 saturated heterocycles. The van der Waals surface area contributed by atoms with Crippen LogP contribution in [0.25, 0.3) is 0 Å². The summed E-state index contributed by atoms with van der Waals surface area (Å²) in [5.41, 5.74) is 10.3. The van der Waals surface area contributed by atoms with Gasteiger partial charge in [0.15, 0.2) is 0 Å². The van der Waals surface area contributed by atoms with Gasteiger partial charge in [0.25, 0.3) is 0 Å². The molecule has 0 fully saturated rings. The average molecular weight is 285 g/mol. The maximum Gasteiger partial charge on any atom is 0.122 e. The third-order valence-electron chi connectivity index (χ3n) is 3.51. The minimum Gasteiger partial charge on any atom is -0.490 e. The zero-order valence-electron chi connectivity index (χ0n) is 13.0. The molecule has 2 N–H and O–H groups in total. The molecule has 0 aromatic heterocycles. The van der Waals surface area contributed by atoms with Crippen molar-refractivity contribution in [3.05, 3.63) is 58.7 Å². The van der Waals surface area contributed by atoms with E-state index in [-0.39, 0.29) is 0 Å². The van der Waals surface area contributed by atoms with Gasteiger partial charge in [0.2, 0.25) is 0 Å². The van der Waals surface area contributed by atoms with E-state index in [9.17, 15) is 0 Å². The fraction of sp³-hybridized carbons (Fsp3) is 0.333. The van der Waals surface area contributed by atoms with Crippen LogP contribution in [0.5, 0.6) is 11.5 Å². The molecule has 0 aliphatic heterocycles. The van der Waals surface area contributed by atoms with Crippen molar-refractivity contribution in [2.45, 2.75) is 27.3 Å². The van der Waals surface area contributed by atoms with Crippen LogP contribution in [0, 0.1) is 20.8 Å². The molecule has 2 aromatic rings. The highest BCUT2D eigenvalue weighted by atomic mass is 16.5. The van der Waals surface area contributed by atoms with Crippen LogP contribution in [-0.4, -0.2) is 13.2 Å². The van der Waals surface area contributed by atoms with Crippen molar-refractivity contribution in [1.82, 2.24) is 0 Å². The number of nitrogens with two attached hydrogens (primary N) is 1. The third kappa shape index (κ3) is 4.23. The van der Waals surface area contributed by atoms with Crippen molar-refractivity contribution in [3.8, 4) is 11.5 Å².